The summed E-state index contributed by atoms with van der Waals surface area (Å²) < 4.78 is 38.6. The average Bonchev–Trinajstić information content (AvgIpc) is 3.04. The molecular weight excluding hydrogens is 380 g/mol. The zero-order valence-electron chi connectivity index (χ0n) is 16.9. The standard InChI is InChI=1S/C20H30N2O5S/c1-14-12-22(13-15(2)26-14)28(24,25)19-11-18(27-16(19)3)20(23)21-10-9-17-7-5-4-6-8-17/h7,11,14-15H,4-6,8-10,12-13H2,1-3H3,(H,21,23)/t14-,15+. The van der Waals surface area contributed by atoms with Gasteiger partial charge in [-0.3, -0.25) is 4.79 Å². The molecule has 1 aliphatic heterocycles. The lowest BCUT2D eigenvalue weighted by Crippen LogP contribution is -2.48. The fraction of sp³-hybridized carbons (Fsp3) is 0.650. The Bertz CT molecular complexity index is 833. The van der Waals surface area contributed by atoms with E-state index in [2.05, 4.69) is 11.4 Å². The Morgan fingerprint density at radius 1 is 1.25 bits per heavy atom. The lowest BCUT2D eigenvalue weighted by molar-refractivity contribution is -0.0441. The highest BCUT2D eigenvalue weighted by molar-refractivity contribution is 7.89. The van der Waals surface area contributed by atoms with Crippen LogP contribution in [-0.2, 0) is 14.8 Å². The van der Waals surface area contributed by atoms with Gasteiger partial charge in [0.15, 0.2) is 5.76 Å². The third kappa shape index (κ3) is 4.85. The zero-order chi connectivity index (χ0) is 20.3. The Labute approximate surface area is 167 Å². The van der Waals surface area contributed by atoms with E-state index in [0.29, 0.717) is 6.54 Å². The van der Waals surface area contributed by atoms with Crippen LogP contribution in [0.15, 0.2) is 27.0 Å². The Balaban J connectivity index is 1.66. The van der Waals surface area contributed by atoms with Crippen LogP contribution in [-0.4, -0.2) is 50.5 Å². The van der Waals surface area contributed by atoms with Crippen LogP contribution in [0.3, 0.4) is 0 Å². The van der Waals surface area contributed by atoms with E-state index in [1.54, 1.807) is 6.92 Å². The van der Waals surface area contributed by atoms with E-state index in [4.69, 9.17) is 9.15 Å². The zero-order valence-corrected chi connectivity index (χ0v) is 17.7. The quantitative estimate of drug-likeness (QED) is 0.728. The molecule has 2 heterocycles. The molecule has 8 heteroatoms. The first-order chi connectivity index (χ1) is 13.3. The maximum Gasteiger partial charge on any atom is 0.287 e. The molecule has 7 nitrogen and oxygen atoms in total. The Morgan fingerprint density at radius 2 is 1.96 bits per heavy atom. The Kier molecular flexibility index (Phi) is 6.62. The lowest BCUT2D eigenvalue weighted by atomic mass is 9.97. The van der Waals surface area contributed by atoms with Crippen LogP contribution in [0.5, 0.6) is 0 Å². The highest BCUT2D eigenvalue weighted by Crippen LogP contribution is 2.26. The normalized spacial score (nSPS) is 24.0. The molecule has 0 bridgehead atoms. The molecule has 1 aromatic heterocycles. The predicted octanol–water partition coefficient (Wildman–Crippen LogP) is 3.01. The van der Waals surface area contributed by atoms with Crippen molar-refractivity contribution >= 4 is 15.9 Å². The van der Waals surface area contributed by atoms with Crippen LogP contribution in [0, 0.1) is 6.92 Å². The van der Waals surface area contributed by atoms with Gasteiger partial charge in [-0.25, -0.2) is 8.42 Å². The number of carbonyl (C=O) groups excluding carboxylic acids is 1. The summed E-state index contributed by atoms with van der Waals surface area (Å²) in [6, 6.07) is 1.34. The van der Waals surface area contributed by atoms with Gasteiger partial charge in [0.1, 0.15) is 10.7 Å². The van der Waals surface area contributed by atoms with E-state index >= 15 is 0 Å². The molecule has 156 valence electrons. The first kappa shape index (κ1) is 21.1. The first-order valence-corrected chi connectivity index (χ1v) is 11.4. The second-order valence-corrected chi connectivity index (χ2v) is 9.63. The molecule has 1 amide bonds. The molecule has 3 rings (SSSR count). The van der Waals surface area contributed by atoms with Crippen LogP contribution >= 0.6 is 0 Å². The summed E-state index contributed by atoms with van der Waals surface area (Å²) in [5.74, 6) is -0.125. The molecule has 1 fully saturated rings. The maximum atomic E-state index is 13.0. The van der Waals surface area contributed by atoms with E-state index < -0.39 is 10.0 Å². The van der Waals surface area contributed by atoms with Gasteiger partial charge in [0.2, 0.25) is 10.0 Å². The highest BCUT2D eigenvalue weighted by atomic mass is 32.2. The van der Waals surface area contributed by atoms with Gasteiger partial charge in [-0.1, -0.05) is 11.6 Å². The van der Waals surface area contributed by atoms with Crippen LogP contribution in [0.25, 0.3) is 0 Å². The van der Waals surface area contributed by atoms with Crippen LogP contribution in [0.1, 0.15) is 62.3 Å². The average molecular weight is 411 g/mol. The van der Waals surface area contributed by atoms with Crippen LogP contribution < -0.4 is 5.32 Å². The monoisotopic (exact) mass is 410 g/mol. The second kappa shape index (κ2) is 8.80. The minimum atomic E-state index is -3.74. The van der Waals surface area contributed by atoms with Crippen molar-refractivity contribution in [3.05, 3.63) is 29.2 Å². The summed E-state index contributed by atoms with van der Waals surface area (Å²) in [4.78, 5) is 12.5. The van der Waals surface area contributed by atoms with Crippen molar-refractivity contribution < 1.29 is 22.4 Å². The SMILES string of the molecule is Cc1oc(C(=O)NCCC2=CCCCC2)cc1S(=O)(=O)N1C[C@@H](C)O[C@@H](C)C1. The van der Waals surface area contributed by atoms with Gasteiger partial charge in [-0.15, -0.1) is 0 Å². The molecule has 2 aliphatic rings. The molecular formula is C20H30N2O5S. The van der Waals surface area contributed by atoms with Crippen molar-refractivity contribution in [3.8, 4) is 0 Å². The number of carbonyl (C=O) groups is 1. The van der Waals surface area contributed by atoms with Crippen LogP contribution in [0.4, 0.5) is 0 Å². The van der Waals surface area contributed by atoms with Crippen molar-refractivity contribution in [1.29, 1.82) is 0 Å². The Hall–Kier alpha value is -1.64. The van der Waals surface area contributed by atoms with Crippen molar-refractivity contribution in [3.63, 3.8) is 0 Å². The number of sulfonamides is 1. The molecule has 1 N–H and O–H groups in total. The van der Waals surface area contributed by atoms with E-state index in [-0.39, 0.29) is 47.6 Å². The fourth-order valence-electron chi connectivity index (χ4n) is 3.85. The number of ether oxygens (including phenoxy) is 1. The number of nitrogens with zero attached hydrogens (tertiary/aromatic N) is 1. The maximum absolute atomic E-state index is 13.0. The number of allylic oxidation sites excluding steroid dienone is 1. The van der Waals surface area contributed by atoms with E-state index in [1.807, 2.05) is 13.8 Å². The van der Waals surface area contributed by atoms with Crippen molar-refractivity contribution in [2.24, 2.45) is 0 Å². The van der Waals surface area contributed by atoms with E-state index in [0.717, 1.165) is 19.3 Å². The summed E-state index contributed by atoms with van der Waals surface area (Å²) in [5, 5.41) is 2.83. The molecule has 1 aromatic rings. The van der Waals surface area contributed by atoms with Gasteiger partial charge in [0, 0.05) is 25.7 Å². The molecule has 0 unspecified atom stereocenters. The minimum absolute atomic E-state index is 0.0306. The summed E-state index contributed by atoms with van der Waals surface area (Å²) in [6.45, 7) is 6.36. The van der Waals surface area contributed by atoms with Gasteiger partial charge in [-0.05, 0) is 52.9 Å². The van der Waals surface area contributed by atoms with Crippen LogP contribution in [0.2, 0.25) is 0 Å². The lowest BCUT2D eigenvalue weighted by Gasteiger charge is -2.34. The summed E-state index contributed by atoms with van der Waals surface area (Å²) in [5.41, 5.74) is 1.38. The number of morpholine rings is 1. The molecule has 28 heavy (non-hydrogen) atoms. The minimum Gasteiger partial charge on any atom is -0.455 e. The van der Waals surface area contributed by atoms with E-state index in [1.165, 1.54) is 28.8 Å². The number of amides is 1. The number of nitrogens with one attached hydrogen (secondary N) is 1. The molecule has 2 atom stereocenters. The third-order valence-electron chi connectivity index (χ3n) is 5.22. The number of hydrogen-bond donors (Lipinski definition) is 1. The van der Waals surface area contributed by atoms with Gasteiger partial charge in [0.25, 0.3) is 5.91 Å². The first-order valence-electron chi connectivity index (χ1n) is 9.99. The second-order valence-electron chi connectivity index (χ2n) is 7.72. The van der Waals surface area contributed by atoms with Gasteiger partial charge < -0.3 is 14.5 Å². The number of furan rings is 1. The molecule has 1 saturated heterocycles. The van der Waals surface area contributed by atoms with Gasteiger partial charge in [-0.2, -0.15) is 4.31 Å². The van der Waals surface area contributed by atoms with Crippen molar-refractivity contribution in [2.45, 2.75) is 70.0 Å². The van der Waals surface area contributed by atoms with Crippen molar-refractivity contribution in [1.82, 2.24) is 9.62 Å². The van der Waals surface area contributed by atoms with Gasteiger partial charge in [0.05, 0.1) is 12.2 Å². The summed E-state index contributed by atoms with van der Waals surface area (Å²) in [6.07, 6.45) is 7.36. The largest absolute Gasteiger partial charge is 0.455 e. The highest BCUT2D eigenvalue weighted by Gasteiger charge is 2.35. The number of hydrogen-bond acceptors (Lipinski definition) is 5. The number of rotatable bonds is 6. The fourth-order valence-corrected chi connectivity index (χ4v) is 5.61. The van der Waals surface area contributed by atoms with E-state index in [9.17, 15) is 13.2 Å². The smallest absolute Gasteiger partial charge is 0.287 e. The molecule has 0 saturated carbocycles. The number of aryl methyl sites for hydroxylation is 1. The summed E-state index contributed by atoms with van der Waals surface area (Å²) in [7, 11) is -3.74. The topological polar surface area (TPSA) is 88.8 Å². The molecule has 0 aromatic carbocycles. The van der Waals surface area contributed by atoms with Gasteiger partial charge >= 0.3 is 0 Å². The van der Waals surface area contributed by atoms with Crippen molar-refractivity contribution in [2.75, 3.05) is 19.6 Å². The summed E-state index contributed by atoms with van der Waals surface area (Å²) >= 11 is 0. The molecule has 1 aliphatic carbocycles. The predicted molar refractivity (Wildman–Crippen MR) is 106 cm³/mol. The third-order valence-corrected chi connectivity index (χ3v) is 7.16. The Morgan fingerprint density at radius 3 is 2.61 bits per heavy atom. The molecule has 0 radical (unpaired) electrons. The molecule has 0 spiro atoms.